The fourth-order valence-corrected chi connectivity index (χ4v) is 2.91. The second-order valence-corrected chi connectivity index (χ2v) is 6.35. The fourth-order valence-electron chi connectivity index (χ4n) is 2.91. The third kappa shape index (κ3) is 4.43. The summed E-state index contributed by atoms with van der Waals surface area (Å²) in [4.78, 5) is 48.4. The van der Waals surface area contributed by atoms with Crippen LogP contribution in [0.15, 0.2) is 11.1 Å². The zero-order valence-corrected chi connectivity index (χ0v) is 14.4. The maximum atomic E-state index is 12.6. The molecule has 7 nitrogen and oxygen atoms in total. The Morgan fingerprint density at radius 3 is 2.04 bits per heavy atom. The molecule has 0 aromatic carbocycles. The summed E-state index contributed by atoms with van der Waals surface area (Å²) in [6.07, 6.45) is 3.27. The largest absolute Gasteiger partial charge is 0.481 e. The van der Waals surface area contributed by atoms with Crippen LogP contribution < -0.4 is 0 Å². The summed E-state index contributed by atoms with van der Waals surface area (Å²) in [5, 5.41) is 18.4. The Morgan fingerprint density at radius 2 is 1.58 bits per heavy atom. The molecule has 1 aliphatic rings. The molecule has 134 valence electrons. The highest BCUT2D eigenvalue weighted by Crippen LogP contribution is 2.31. The summed E-state index contributed by atoms with van der Waals surface area (Å²) >= 11 is 0. The summed E-state index contributed by atoms with van der Waals surface area (Å²) in [7, 11) is 0. The Labute approximate surface area is 141 Å². The molecule has 0 aliphatic carbocycles. The summed E-state index contributed by atoms with van der Waals surface area (Å²) in [6.45, 7) is 5.26. The van der Waals surface area contributed by atoms with E-state index in [0.29, 0.717) is 12.8 Å². The van der Waals surface area contributed by atoms with Crippen LogP contribution in [0.3, 0.4) is 0 Å². The van der Waals surface area contributed by atoms with Crippen LogP contribution in [-0.4, -0.2) is 44.9 Å². The highest BCUT2D eigenvalue weighted by molar-refractivity contribution is 6.21. The van der Waals surface area contributed by atoms with Gasteiger partial charge < -0.3 is 10.2 Å². The van der Waals surface area contributed by atoms with Gasteiger partial charge in [-0.05, 0) is 18.8 Å². The van der Waals surface area contributed by atoms with Crippen molar-refractivity contribution < 1.29 is 29.4 Å². The summed E-state index contributed by atoms with van der Waals surface area (Å²) in [5.41, 5.74) is 0.0845. The van der Waals surface area contributed by atoms with Crippen LogP contribution in [-0.2, 0) is 19.2 Å². The summed E-state index contributed by atoms with van der Waals surface area (Å²) < 4.78 is 0. The van der Waals surface area contributed by atoms with Gasteiger partial charge in [0.1, 0.15) is 6.04 Å². The van der Waals surface area contributed by atoms with Crippen LogP contribution >= 0.6 is 0 Å². The number of nitrogens with zero attached hydrogens (tertiary/aromatic N) is 1. The number of unbranched alkanes of at least 4 members (excludes halogenated alkanes) is 3. The molecule has 7 heteroatoms. The van der Waals surface area contributed by atoms with Gasteiger partial charge in [-0.15, -0.1) is 0 Å². The summed E-state index contributed by atoms with van der Waals surface area (Å²) in [6, 6.07) is -1.29. The minimum absolute atomic E-state index is 0.0732. The molecule has 1 heterocycles. The number of amides is 2. The van der Waals surface area contributed by atoms with Crippen LogP contribution in [0.5, 0.6) is 0 Å². The molecule has 2 N–H and O–H groups in total. The third-order valence-electron chi connectivity index (χ3n) is 4.09. The fraction of sp³-hybridized carbons (Fsp3) is 0.647. The number of carbonyl (C=O) groups excluding carboxylic acids is 2. The molecule has 0 spiro atoms. The van der Waals surface area contributed by atoms with E-state index < -0.39 is 42.1 Å². The van der Waals surface area contributed by atoms with Gasteiger partial charge in [0.15, 0.2) is 0 Å². The maximum absolute atomic E-state index is 12.6. The lowest BCUT2D eigenvalue weighted by molar-refractivity contribution is -0.155. The van der Waals surface area contributed by atoms with Crippen molar-refractivity contribution in [2.75, 3.05) is 0 Å². The number of imide groups is 1. The van der Waals surface area contributed by atoms with Crippen molar-refractivity contribution in [1.82, 2.24) is 4.90 Å². The van der Waals surface area contributed by atoms with Crippen LogP contribution in [0, 0.1) is 5.92 Å². The molecule has 1 rings (SSSR count). The second-order valence-electron chi connectivity index (χ2n) is 6.35. The Bertz CT molecular complexity index is 563. The first-order chi connectivity index (χ1) is 11.2. The molecule has 2 amide bonds. The van der Waals surface area contributed by atoms with Crippen LogP contribution in [0.1, 0.15) is 59.3 Å². The molecule has 1 unspecified atom stereocenters. The van der Waals surface area contributed by atoms with E-state index in [1.165, 1.54) is 0 Å². The topological polar surface area (TPSA) is 112 Å². The average molecular weight is 339 g/mol. The molecule has 0 aromatic heterocycles. The molecular weight excluding hydrogens is 314 g/mol. The lowest BCUT2D eigenvalue weighted by Crippen LogP contribution is -2.48. The first-order valence-corrected chi connectivity index (χ1v) is 8.26. The van der Waals surface area contributed by atoms with E-state index in [-0.39, 0.29) is 11.1 Å². The minimum atomic E-state index is -1.29. The SMILES string of the molecule is CCCCCCC1=C(CC(=O)O)C(=O)N(C(C(=O)O)C(C)C)C1=O. The Morgan fingerprint density at radius 1 is 1.00 bits per heavy atom. The van der Waals surface area contributed by atoms with E-state index in [2.05, 4.69) is 0 Å². The lowest BCUT2D eigenvalue weighted by Gasteiger charge is -2.26. The number of hydrogen-bond acceptors (Lipinski definition) is 4. The van der Waals surface area contributed by atoms with E-state index in [1.807, 2.05) is 6.92 Å². The standard InChI is InChI=1S/C17H25NO6/c1-4-5-6-7-8-11-12(9-13(19)20)16(22)18(15(11)21)14(10(2)3)17(23)24/h10,14H,4-9H2,1-3H3,(H,19,20)(H,23,24). The first-order valence-electron chi connectivity index (χ1n) is 8.26. The van der Waals surface area contributed by atoms with Crippen molar-refractivity contribution in [2.45, 2.75) is 65.3 Å². The van der Waals surface area contributed by atoms with E-state index in [0.717, 1.165) is 24.2 Å². The van der Waals surface area contributed by atoms with Crippen molar-refractivity contribution in [3.8, 4) is 0 Å². The minimum Gasteiger partial charge on any atom is -0.481 e. The van der Waals surface area contributed by atoms with Crippen molar-refractivity contribution in [3.05, 3.63) is 11.1 Å². The number of aliphatic carboxylic acids is 2. The van der Waals surface area contributed by atoms with Crippen molar-refractivity contribution >= 4 is 23.8 Å². The second kappa shape index (κ2) is 8.61. The van der Waals surface area contributed by atoms with Gasteiger partial charge in [0, 0.05) is 11.1 Å². The predicted octanol–water partition coefficient (Wildman–Crippen LogP) is 2.21. The van der Waals surface area contributed by atoms with Crippen LogP contribution in [0.2, 0.25) is 0 Å². The molecule has 1 aliphatic heterocycles. The normalized spacial score (nSPS) is 16.2. The van der Waals surface area contributed by atoms with Gasteiger partial charge in [-0.2, -0.15) is 0 Å². The third-order valence-corrected chi connectivity index (χ3v) is 4.09. The van der Waals surface area contributed by atoms with E-state index >= 15 is 0 Å². The highest BCUT2D eigenvalue weighted by atomic mass is 16.4. The van der Waals surface area contributed by atoms with Gasteiger partial charge >= 0.3 is 11.9 Å². The lowest BCUT2D eigenvalue weighted by atomic mass is 10.0. The number of carboxylic acids is 2. The molecule has 0 saturated heterocycles. The zero-order valence-electron chi connectivity index (χ0n) is 14.4. The number of carbonyl (C=O) groups is 4. The number of rotatable bonds is 10. The van der Waals surface area contributed by atoms with Crippen molar-refractivity contribution in [2.24, 2.45) is 5.92 Å². The Hall–Kier alpha value is -2.18. The van der Waals surface area contributed by atoms with Gasteiger partial charge in [0.05, 0.1) is 6.42 Å². The van der Waals surface area contributed by atoms with Crippen LogP contribution in [0.25, 0.3) is 0 Å². The average Bonchev–Trinajstić information content (AvgIpc) is 2.68. The van der Waals surface area contributed by atoms with Gasteiger partial charge in [-0.25, -0.2) is 4.79 Å². The smallest absolute Gasteiger partial charge is 0.327 e. The Kier molecular flexibility index (Phi) is 7.13. The zero-order chi connectivity index (χ0) is 18.4. The van der Waals surface area contributed by atoms with Crippen molar-refractivity contribution in [3.63, 3.8) is 0 Å². The van der Waals surface area contributed by atoms with Crippen molar-refractivity contribution in [1.29, 1.82) is 0 Å². The number of hydrogen-bond donors (Lipinski definition) is 2. The quantitative estimate of drug-likeness (QED) is 0.466. The van der Waals surface area contributed by atoms with E-state index in [9.17, 15) is 24.3 Å². The highest BCUT2D eigenvalue weighted by Gasteiger charge is 2.45. The molecular formula is C17H25NO6. The molecule has 0 bridgehead atoms. The summed E-state index contributed by atoms with van der Waals surface area (Å²) in [5.74, 6) is -4.40. The van der Waals surface area contributed by atoms with Gasteiger partial charge in [0.25, 0.3) is 11.8 Å². The first kappa shape index (κ1) is 19.9. The molecule has 1 atom stereocenters. The van der Waals surface area contributed by atoms with E-state index in [4.69, 9.17) is 5.11 Å². The van der Waals surface area contributed by atoms with E-state index in [1.54, 1.807) is 13.8 Å². The molecule has 0 fully saturated rings. The van der Waals surface area contributed by atoms with Gasteiger partial charge in [-0.3, -0.25) is 19.3 Å². The molecule has 0 aromatic rings. The molecule has 24 heavy (non-hydrogen) atoms. The predicted molar refractivity (Wildman–Crippen MR) is 86.2 cm³/mol. The maximum Gasteiger partial charge on any atom is 0.327 e. The molecule has 0 radical (unpaired) electrons. The van der Waals surface area contributed by atoms with Crippen LogP contribution in [0.4, 0.5) is 0 Å². The van der Waals surface area contributed by atoms with Gasteiger partial charge in [-0.1, -0.05) is 40.0 Å². The monoisotopic (exact) mass is 339 g/mol. The Balaban J connectivity index is 3.11. The number of carboxylic acid groups (broad SMARTS) is 2. The van der Waals surface area contributed by atoms with Gasteiger partial charge in [0.2, 0.25) is 0 Å². The molecule has 0 saturated carbocycles.